The second-order valence-corrected chi connectivity index (χ2v) is 5.85. The van der Waals surface area contributed by atoms with Gasteiger partial charge in [0, 0.05) is 21.6 Å². The van der Waals surface area contributed by atoms with Crippen LogP contribution in [0.2, 0.25) is 10.0 Å². The molecule has 0 amide bonds. The molecule has 2 aromatic rings. The quantitative estimate of drug-likeness (QED) is 0.769. The molecule has 0 bridgehead atoms. The summed E-state index contributed by atoms with van der Waals surface area (Å²) in [4.78, 5) is 0. The Morgan fingerprint density at radius 2 is 1.95 bits per heavy atom. The van der Waals surface area contributed by atoms with Crippen LogP contribution in [0.1, 0.15) is 11.1 Å². The van der Waals surface area contributed by atoms with Crippen LogP contribution in [0, 0.1) is 6.92 Å². The minimum atomic E-state index is 0.103. The maximum absolute atomic E-state index is 9.83. The minimum Gasteiger partial charge on any atom is -0.506 e. The molecule has 5 heteroatoms. The third-order valence-corrected chi connectivity index (χ3v) is 4.16. The molecular weight excluding hydrogens is 349 g/mol. The summed E-state index contributed by atoms with van der Waals surface area (Å²) in [5.41, 5.74) is 2.61. The highest BCUT2D eigenvalue weighted by molar-refractivity contribution is 9.10. The van der Waals surface area contributed by atoms with E-state index in [4.69, 9.17) is 23.2 Å². The maximum Gasteiger partial charge on any atom is 0.139 e. The van der Waals surface area contributed by atoms with Gasteiger partial charge in [-0.05, 0) is 46.6 Å². The largest absolute Gasteiger partial charge is 0.506 e. The number of aryl methyl sites for hydroxylation is 1. The van der Waals surface area contributed by atoms with Gasteiger partial charge in [-0.1, -0.05) is 35.3 Å². The normalized spacial score (nSPS) is 10.5. The van der Waals surface area contributed by atoms with E-state index in [0.717, 1.165) is 21.3 Å². The van der Waals surface area contributed by atoms with Gasteiger partial charge in [-0.2, -0.15) is 0 Å². The van der Waals surface area contributed by atoms with Crippen molar-refractivity contribution in [3.63, 3.8) is 0 Å². The molecule has 0 aliphatic heterocycles. The van der Waals surface area contributed by atoms with E-state index < -0.39 is 0 Å². The van der Waals surface area contributed by atoms with Crippen molar-refractivity contribution in [3.8, 4) is 5.75 Å². The standard InChI is InChI=1S/C14H12BrCl2NO/c1-8-5-10(15)13(6-12(8)17)18-7-9-3-2-4-11(16)14(9)19/h2-6,18-19H,7H2,1H3. The predicted molar refractivity (Wildman–Crippen MR) is 84.3 cm³/mol. The van der Waals surface area contributed by atoms with E-state index in [1.54, 1.807) is 12.1 Å². The van der Waals surface area contributed by atoms with E-state index in [9.17, 15) is 5.11 Å². The summed E-state index contributed by atoms with van der Waals surface area (Å²) in [5, 5.41) is 14.1. The highest BCUT2D eigenvalue weighted by Crippen LogP contribution is 2.31. The molecule has 2 N–H and O–H groups in total. The van der Waals surface area contributed by atoms with Crippen molar-refractivity contribution < 1.29 is 5.11 Å². The Bertz CT molecular complexity index is 617. The van der Waals surface area contributed by atoms with Crippen LogP contribution in [-0.4, -0.2) is 5.11 Å². The number of anilines is 1. The number of hydrogen-bond donors (Lipinski definition) is 2. The molecule has 0 aromatic heterocycles. The molecular formula is C14H12BrCl2NO. The second kappa shape index (κ2) is 6.04. The number of benzene rings is 2. The van der Waals surface area contributed by atoms with Crippen LogP contribution >= 0.6 is 39.1 Å². The molecule has 0 fully saturated rings. The Hall–Kier alpha value is -0.900. The third kappa shape index (κ3) is 3.35. The van der Waals surface area contributed by atoms with Gasteiger partial charge in [0.2, 0.25) is 0 Å². The second-order valence-electron chi connectivity index (χ2n) is 4.18. The molecule has 100 valence electrons. The Morgan fingerprint density at radius 3 is 2.68 bits per heavy atom. The molecule has 0 aliphatic carbocycles. The average Bonchev–Trinajstić information content (AvgIpc) is 2.37. The van der Waals surface area contributed by atoms with Gasteiger partial charge < -0.3 is 10.4 Å². The number of para-hydroxylation sites is 1. The maximum atomic E-state index is 9.83. The zero-order valence-corrected chi connectivity index (χ0v) is 13.3. The zero-order chi connectivity index (χ0) is 14.0. The van der Waals surface area contributed by atoms with E-state index in [1.165, 1.54) is 0 Å². The fraction of sp³-hybridized carbons (Fsp3) is 0.143. The highest BCUT2D eigenvalue weighted by atomic mass is 79.9. The molecule has 0 saturated heterocycles. The Morgan fingerprint density at radius 1 is 1.21 bits per heavy atom. The smallest absolute Gasteiger partial charge is 0.139 e. The van der Waals surface area contributed by atoms with Gasteiger partial charge in [-0.3, -0.25) is 0 Å². The summed E-state index contributed by atoms with van der Waals surface area (Å²) in [5.74, 6) is 0.103. The first kappa shape index (κ1) is 14.5. The lowest BCUT2D eigenvalue weighted by molar-refractivity contribution is 0.469. The molecule has 2 nitrogen and oxygen atoms in total. The van der Waals surface area contributed by atoms with Crippen LogP contribution in [-0.2, 0) is 6.54 Å². The van der Waals surface area contributed by atoms with E-state index in [-0.39, 0.29) is 5.75 Å². The highest BCUT2D eigenvalue weighted by Gasteiger charge is 2.07. The van der Waals surface area contributed by atoms with Crippen LogP contribution in [0.15, 0.2) is 34.8 Å². The number of phenolic OH excluding ortho intramolecular Hbond substituents is 1. The van der Waals surface area contributed by atoms with Crippen molar-refractivity contribution in [2.24, 2.45) is 0 Å². The van der Waals surface area contributed by atoms with Crippen molar-refractivity contribution >= 4 is 44.8 Å². The SMILES string of the molecule is Cc1cc(Br)c(NCc2cccc(Cl)c2O)cc1Cl. The average molecular weight is 361 g/mol. The van der Waals surface area contributed by atoms with Gasteiger partial charge in [0.15, 0.2) is 0 Å². The molecule has 0 spiro atoms. The number of halogens is 3. The van der Waals surface area contributed by atoms with Gasteiger partial charge >= 0.3 is 0 Å². The lowest BCUT2D eigenvalue weighted by Gasteiger charge is -2.12. The first-order chi connectivity index (χ1) is 8.99. The van der Waals surface area contributed by atoms with Crippen molar-refractivity contribution in [2.75, 3.05) is 5.32 Å². The van der Waals surface area contributed by atoms with Crippen LogP contribution < -0.4 is 5.32 Å². The van der Waals surface area contributed by atoms with Crippen molar-refractivity contribution in [1.29, 1.82) is 0 Å². The summed E-state index contributed by atoms with van der Waals surface area (Å²) in [6.07, 6.45) is 0. The Kier molecular flexibility index (Phi) is 4.61. The number of rotatable bonds is 3. The van der Waals surface area contributed by atoms with E-state index >= 15 is 0 Å². The molecule has 0 heterocycles. The van der Waals surface area contributed by atoms with Crippen molar-refractivity contribution in [3.05, 3.63) is 56.0 Å². The summed E-state index contributed by atoms with van der Waals surface area (Å²) < 4.78 is 0.927. The van der Waals surface area contributed by atoms with Crippen LogP contribution in [0.5, 0.6) is 5.75 Å². The van der Waals surface area contributed by atoms with E-state index in [2.05, 4.69) is 21.2 Å². The number of phenols is 1. The number of nitrogens with one attached hydrogen (secondary N) is 1. The summed E-state index contributed by atoms with van der Waals surface area (Å²) in [6.45, 7) is 2.41. The Balaban J connectivity index is 2.19. The van der Waals surface area contributed by atoms with Crippen LogP contribution in [0.25, 0.3) is 0 Å². The molecule has 19 heavy (non-hydrogen) atoms. The summed E-state index contributed by atoms with van der Waals surface area (Å²) in [6, 6.07) is 9.07. The van der Waals surface area contributed by atoms with Crippen LogP contribution in [0.4, 0.5) is 5.69 Å². The topological polar surface area (TPSA) is 32.3 Å². The fourth-order valence-electron chi connectivity index (χ4n) is 1.67. The molecule has 2 rings (SSSR count). The van der Waals surface area contributed by atoms with Crippen LogP contribution in [0.3, 0.4) is 0 Å². The minimum absolute atomic E-state index is 0.103. The summed E-state index contributed by atoms with van der Waals surface area (Å²) in [7, 11) is 0. The van der Waals surface area contributed by atoms with E-state index in [1.807, 2.05) is 25.1 Å². The number of hydrogen-bond acceptors (Lipinski definition) is 2. The lowest BCUT2D eigenvalue weighted by atomic mass is 10.2. The zero-order valence-electron chi connectivity index (χ0n) is 10.2. The van der Waals surface area contributed by atoms with Gasteiger partial charge in [-0.25, -0.2) is 0 Å². The third-order valence-electron chi connectivity index (χ3n) is 2.79. The molecule has 2 aromatic carbocycles. The predicted octanol–water partition coefficient (Wildman–Crippen LogP) is 5.38. The van der Waals surface area contributed by atoms with Gasteiger partial charge in [0.25, 0.3) is 0 Å². The molecule has 0 unspecified atom stereocenters. The molecule has 0 atom stereocenters. The van der Waals surface area contributed by atoms with E-state index in [0.29, 0.717) is 16.6 Å². The van der Waals surface area contributed by atoms with Gasteiger partial charge in [0.1, 0.15) is 5.75 Å². The molecule has 0 aliphatic rings. The Labute approximate surface area is 130 Å². The first-order valence-electron chi connectivity index (χ1n) is 5.65. The van der Waals surface area contributed by atoms with Gasteiger partial charge in [0.05, 0.1) is 10.7 Å². The monoisotopic (exact) mass is 359 g/mol. The fourth-order valence-corrected chi connectivity index (χ4v) is 2.63. The summed E-state index contributed by atoms with van der Waals surface area (Å²) >= 11 is 15.4. The first-order valence-corrected chi connectivity index (χ1v) is 7.20. The van der Waals surface area contributed by atoms with Gasteiger partial charge in [-0.15, -0.1) is 0 Å². The lowest BCUT2D eigenvalue weighted by Crippen LogP contribution is -2.01. The molecule has 0 saturated carbocycles. The van der Waals surface area contributed by atoms with Crippen molar-refractivity contribution in [1.82, 2.24) is 0 Å². The molecule has 0 radical (unpaired) electrons. The van der Waals surface area contributed by atoms with Crippen molar-refractivity contribution in [2.45, 2.75) is 13.5 Å². The number of aromatic hydroxyl groups is 1.